The average molecular weight is 381 g/mol. The lowest BCUT2D eigenvalue weighted by Gasteiger charge is -2.31. The van der Waals surface area contributed by atoms with Gasteiger partial charge in [-0.3, -0.25) is 9.69 Å². The highest BCUT2D eigenvalue weighted by Crippen LogP contribution is 2.19. The lowest BCUT2D eigenvalue weighted by atomic mass is 10.1. The van der Waals surface area contributed by atoms with E-state index >= 15 is 0 Å². The number of carbonyl (C=O) groups is 1. The molecule has 2 saturated heterocycles. The molecular weight excluding hydrogens is 349 g/mol. The fourth-order valence-electron chi connectivity index (χ4n) is 2.93. The Kier molecular flexibility index (Phi) is 8.47. The molecule has 152 valence electrons. The molecule has 1 atom stereocenters. The molecule has 0 bridgehead atoms. The molecule has 2 fully saturated rings. The van der Waals surface area contributed by atoms with Gasteiger partial charge in [0, 0.05) is 45.0 Å². The maximum Gasteiger partial charge on any atom is 0.293 e. The Bertz CT molecular complexity index is 557. The predicted octanol–water partition coefficient (Wildman–Crippen LogP) is 2.18. The summed E-state index contributed by atoms with van der Waals surface area (Å²) in [5.41, 5.74) is 2.09. The van der Waals surface area contributed by atoms with Crippen molar-refractivity contribution in [2.24, 2.45) is 0 Å². The molecule has 27 heavy (non-hydrogen) atoms. The van der Waals surface area contributed by atoms with Crippen LogP contribution < -0.4 is 10.2 Å². The third kappa shape index (κ3) is 8.24. The van der Waals surface area contributed by atoms with E-state index in [9.17, 15) is 9.18 Å². The van der Waals surface area contributed by atoms with Crippen LogP contribution in [0.2, 0.25) is 0 Å². The van der Waals surface area contributed by atoms with Crippen LogP contribution in [0.4, 0.5) is 10.1 Å². The number of nitrogens with one attached hydrogen (secondary N) is 1. The fourth-order valence-corrected chi connectivity index (χ4v) is 2.93. The van der Waals surface area contributed by atoms with E-state index in [4.69, 9.17) is 4.74 Å². The molecule has 6 nitrogen and oxygen atoms in total. The number of alkyl halides is 1. The van der Waals surface area contributed by atoms with E-state index in [1.165, 1.54) is 5.56 Å². The van der Waals surface area contributed by atoms with Crippen molar-refractivity contribution in [3.63, 3.8) is 0 Å². The summed E-state index contributed by atoms with van der Waals surface area (Å²) in [7, 11) is 0. The molecule has 1 aromatic carbocycles. The Morgan fingerprint density at radius 1 is 1.22 bits per heavy atom. The van der Waals surface area contributed by atoms with E-state index in [2.05, 4.69) is 39.2 Å². The third-order valence-electron chi connectivity index (χ3n) is 4.34. The largest absolute Gasteiger partial charge is 0.462 e. The van der Waals surface area contributed by atoms with Gasteiger partial charge in [0.15, 0.2) is 0 Å². The summed E-state index contributed by atoms with van der Waals surface area (Å²) in [6.45, 7) is 12.8. The zero-order chi connectivity index (χ0) is 19.7. The molecule has 1 unspecified atom stereocenters. The standard InChI is InChI=1S/C15H22FN3O.C5H10O2/c16-15-12-19(9-10-20-15)14-3-1-13(2-4-14)11-18-7-5-17-6-8-18;1-5(2,3)7-4-6/h1-4,15,17H,5-12H2;4H,1-3H3. The van der Waals surface area contributed by atoms with Crippen molar-refractivity contribution in [3.05, 3.63) is 29.8 Å². The van der Waals surface area contributed by atoms with Gasteiger partial charge < -0.3 is 19.7 Å². The number of hydrogen-bond acceptors (Lipinski definition) is 6. The molecule has 0 radical (unpaired) electrons. The Balaban J connectivity index is 0.000000321. The number of morpholine rings is 1. The van der Waals surface area contributed by atoms with E-state index in [0.29, 0.717) is 19.6 Å². The number of ether oxygens (including phenoxy) is 2. The molecule has 1 aromatic rings. The summed E-state index contributed by atoms with van der Waals surface area (Å²) < 4.78 is 22.7. The van der Waals surface area contributed by atoms with Crippen molar-refractivity contribution in [2.75, 3.05) is 50.8 Å². The van der Waals surface area contributed by atoms with Crippen molar-refractivity contribution >= 4 is 12.2 Å². The first-order valence-electron chi connectivity index (χ1n) is 9.51. The molecule has 3 rings (SSSR count). The SMILES string of the molecule is CC(C)(C)OC=O.FC1CN(c2ccc(CN3CCNCC3)cc2)CCO1. The molecule has 2 aliphatic rings. The maximum absolute atomic E-state index is 13.2. The first-order chi connectivity index (χ1) is 12.9. The second kappa shape index (κ2) is 10.6. The van der Waals surface area contributed by atoms with Gasteiger partial charge in [-0.15, -0.1) is 0 Å². The molecule has 7 heteroatoms. The van der Waals surface area contributed by atoms with Crippen molar-refractivity contribution in [1.82, 2.24) is 10.2 Å². The van der Waals surface area contributed by atoms with Crippen LogP contribution >= 0.6 is 0 Å². The number of rotatable bonds is 4. The van der Waals surface area contributed by atoms with Gasteiger partial charge in [-0.1, -0.05) is 12.1 Å². The minimum Gasteiger partial charge on any atom is -0.462 e. The second-order valence-electron chi connectivity index (χ2n) is 7.75. The summed E-state index contributed by atoms with van der Waals surface area (Å²) in [6, 6.07) is 8.49. The summed E-state index contributed by atoms with van der Waals surface area (Å²) in [5.74, 6) is 0. The highest BCUT2D eigenvalue weighted by atomic mass is 19.1. The number of benzene rings is 1. The highest BCUT2D eigenvalue weighted by molar-refractivity contribution is 5.48. The van der Waals surface area contributed by atoms with Gasteiger partial charge >= 0.3 is 0 Å². The summed E-state index contributed by atoms with van der Waals surface area (Å²) >= 11 is 0. The van der Waals surface area contributed by atoms with Crippen LogP contribution in [0, 0.1) is 0 Å². The van der Waals surface area contributed by atoms with Crippen molar-refractivity contribution < 1.29 is 18.7 Å². The molecular formula is C20H32FN3O3. The van der Waals surface area contributed by atoms with Crippen LogP contribution in [0.3, 0.4) is 0 Å². The predicted molar refractivity (Wildman–Crippen MR) is 105 cm³/mol. The summed E-state index contributed by atoms with van der Waals surface area (Å²) in [6.07, 6.45) is -1.16. The molecule has 0 saturated carbocycles. The van der Waals surface area contributed by atoms with E-state index in [1.807, 2.05) is 25.7 Å². The highest BCUT2D eigenvalue weighted by Gasteiger charge is 2.19. The minimum absolute atomic E-state index is 0.318. The lowest BCUT2D eigenvalue weighted by Crippen LogP contribution is -2.42. The number of hydrogen-bond donors (Lipinski definition) is 1. The number of nitrogens with zero attached hydrogens (tertiary/aromatic N) is 2. The smallest absolute Gasteiger partial charge is 0.293 e. The molecule has 1 N–H and O–H groups in total. The van der Waals surface area contributed by atoms with Gasteiger partial charge in [-0.05, 0) is 38.5 Å². The topological polar surface area (TPSA) is 54.0 Å². The van der Waals surface area contributed by atoms with Crippen LogP contribution in [-0.4, -0.2) is 69.2 Å². The first-order valence-corrected chi connectivity index (χ1v) is 9.51. The Morgan fingerprint density at radius 3 is 2.41 bits per heavy atom. The average Bonchev–Trinajstić information content (AvgIpc) is 2.63. The van der Waals surface area contributed by atoms with E-state index in [1.54, 1.807) is 0 Å². The summed E-state index contributed by atoms with van der Waals surface area (Å²) in [5, 5.41) is 3.36. The Morgan fingerprint density at radius 2 is 1.89 bits per heavy atom. The molecule has 0 spiro atoms. The molecule has 2 heterocycles. The quantitative estimate of drug-likeness (QED) is 0.807. The van der Waals surface area contributed by atoms with Crippen molar-refractivity contribution in [2.45, 2.75) is 39.3 Å². The second-order valence-corrected chi connectivity index (χ2v) is 7.75. The van der Waals surface area contributed by atoms with Crippen LogP contribution in [0.25, 0.3) is 0 Å². The van der Waals surface area contributed by atoms with Gasteiger partial charge in [0.25, 0.3) is 6.47 Å². The Hall–Kier alpha value is -1.70. The van der Waals surface area contributed by atoms with Gasteiger partial charge in [0.2, 0.25) is 6.36 Å². The minimum atomic E-state index is -1.16. The third-order valence-corrected chi connectivity index (χ3v) is 4.34. The number of piperazine rings is 1. The monoisotopic (exact) mass is 381 g/mol. The zero-order valence-electron chi connectivity index (χ0n) is 16.6. The van der Waals surface area contributed by atoms with Crippen LogP contribution in [0.1, 0.15) is 26.3 Å². The van der Waals surface area contributed by atoms with Crippen LogP contribution in [0.15, 0.2) is 24.3 Å². The molecule has 0 aliphatic carbocycles. The van der Waals surface area contributed by atoms with E-state index < -0.39 is 6.36 Å². The maximum atomic E-state index is 13.2. The number of anilines is 1. The molecule has 2 aliphatic heterocycles. The normalized spacial score (nSPS) is 21.2. The first kappa shape index (κ1) is 21.6. The van der Waals surface area contributed by atoms with Gasteiger partial charge in [-0.25, -0.2) is 4.39 Å². The molecule has 0 aromatic heterocycles. The Labute approximate surface area is 161 Å². The summed E-state index contributed by atoms with van der Waals surface area (Å²) in [4.78, 5) is 14.1. The van der Waals surface area contributed by atoms with Gasteiger partial charge in [0.1, 0.15) is 5.60 Å². The number of carbonyl (C=O) groups excluding carboxylic acids is 1. The fraction of sp³-hybridized carbons (Fsp3) is 0.650. The van der Waals surface area contributed by atoms with E-state index in [-0.39, 0.29) is 5.60 Å². The van der Waals surface area contributed by atoms with Crippen LogP contribution in [0.5, 0.6) is 0 Å². The van der Waals surface area contributed by atoms with Gasteiger partial charge in [-0.2, -0.15) is 0 Å². The van der Waals surface area contributed by atoms with Gasteiger partial charge in [0.05, 0.1) is 13.2 Å². The van der Waals surface area contributed by atoms with Crippen LogP contribution in [-0.2, 0) is 20.8 Å². The molecule has 0 amide bonds. The zero-order valence-corrected chi connectivity index (χ0v) is 16.6. The number of halogens is 1. The lowest BCUT2D eigenvalue weighted by molar-refractivity contribution is -0.138. The van der Waals surface area contributed by atoms with Crippen molar-refractivity contribution in [3.8, 4) is 0 Å². The van der Waals surface area contributed by atoms with Crippen molar-refractivity contribution in [1.29, 1.82) is 0 Å². The van der Waals surface area contributed by atoms with E-state index in [0.717, 1.165) is 45.0 Å².